The molecule has 1 aromatic rings. The van der Waals surface area contributed by atoms with E-state index in [2.05, 4.69) is 5.10 Å². The van der Waals surface area contributed by atoms with Crippen LogP contribution in [0, 0.1) is 0 Å². The van der Waals surface area contributed by atoms with E-state index in [-0.39, 0.29) is 11.6 Å². The Hall–Kier alpha value is -1.36. The van der Waals surface area contributed by atoms with Crippen molar-refractivity contribution in [3.05, 3.63) is 22.6 Å². The first kappa shape index (κ1) is 9.73. The van der Waals surface area contributed by atoms with Crippen LogP contribution in [0.5, 0.6) is 5.75 Å². The van der Waals surface area contributed by atoms with Crippen LogP contribution in [0.15, 0.2) is 17.1 Å². The van der Waals surface area contributed by atoms with E-state index in [1.165, 1.54) is 16.9 Å². The predicted molar refractivity (Wildman–Crippen MR) is 48.6 cm³/mol. The molecule has 1 unspecified atom stereocenters. The average Bonchev–Trinajstić information content (AvgIpc) is 2.07. The lowest BCUT2D eigenvalue weighted by Crippen LogP contribution is -2.25. The molecule has 5 heteroatoms. The maximum atomic E-state index is 11.1. The standard InChI is InChI=1S/C8H13N3O2/c1-6(9)5-13-7-3-8(12)11(2)10-4-7/h3-4,6H,5,9H2,1-2H3. The lowest BCUT2D eigenvalue weighted by molar-refractivity contribution is 0.293. The number of hydrogen-bond donors (Lipinski definition) is 1. The van der Waals surface area contributed by atoms with E-state index in [9.17, 15) is 4.79 Å². The second-order valence-electron chi connectivity index (χ2n) is 2.94. The molecule has 1 aromatic heterocycles. The summed E-state index contributed by atoms with van der Waals surface area (Å²) in [6, 6.07) is 1.33. The topological polar surface area (TPSA) is 70.1 Å². The summed E-state index contributed by atoms with van der Waals surface area (Å²) in [5.74, 6) is 0.459. The van der Waals surface area contributed by atoms with Gasteiger partial charge in [0.2, 0.25) is 0 Å². The van der Waals surface area contributed by atoms with Crippen LogP contribution in [0.25, 0.3) is 0 Å². The molecule has 1 heterocycles. The molecule has 0 bridgehead atoms. The van der Waals surface area contributed by atoms with E-state index in [1.54, 1.807) is 7.05 Å². The van der Waals surface area contributed by atoms with Gasteiger partial charge in [0, 0.05) is 19.2 Å². The Bertz CT molecular complexity index is 332. The molecule has 13 heavy (non-hydrogen) atoms. The maximum absolute atomic E-state index is 11.1. The van der Waals surface area contributed by atoms with Crippen LogP contribution in [0.1, 0.15) is 6.92 Å². The summed E-state index contributed by atoms with van der Waals surface area (Å²) in [6.07, 6.45) is 1.49. The van der Waals surface area contributed by atoms with Crippen LogP contribution in [0.3, 0.4) is 0 Å². The van der Waals surface area contributed by atoms with Crippen LogP contribution in [-0.4, -0.2) is 22.4 Å². The first-order valence-corrected chi connectivity index (χ1v) is 4.01. The van der Waals surface area contributed by atoms with E-state index in [0.717, 1.165) is 0 Å². The smallest absolute Gasteiger partial charge is 0.270 e. The quantitative estimate of drug-likeness (QED) is 0.686. The van der Waals surface area contributed by atoms with Crippen molar-refractivity contribution >= 4 is 0 Å². The van der Waals surface area contributed by atoms with Gasteiger partial charge < -0.3 is 10.5 Å². The number of ether oxygens (including phenoxy) is 1. The van der Waals surface area contributed by atoms with Gasteiger partial charge in [-0.05, 0) is 6.92 Å². The third kappa shape index (κ3) is 2.87. The van der Waals surface area contributed by atoms with Crippen LogP contribution in [0.4, 0.5) is 0 Å². The van der Waals surface area contributed by atoms with E-state index in [4.69, 9.17) is 10.5 Å². The highest BCUT2D eigenvalue weighted by molar-refractivity contribution is 5.13. The van der Waals surface area contributed by atoms with Crippen molar-refractivity contribution in [2.24, 2.45) is 12.8 Å². The Morgan fingerprint density at radius 3 is 3.00 bits per heavy atom. The van der Waals surface area contributed by atoms with E-state index in [1.807, 2.05) is 6.92 Å². The fourth-order valence-corrected chi connectivity index (χ4v) is 0.759. The van der Waals surface area contributed by atoms with Crippen LogP contribution < -0.4 is 16.0 Å². The molecule has 0 aliphatic carbocycles. The van der Waals surface area contributed by atoms with Gasteiger partial charge in [0.25, 0.3) is 5.56 Å². The van der Waals surface area contributed by atoms with Crippen molar-refractivity contribution in [2.75, 3.05) is 6.61 Å². The molecule has 0 spiro atoms. The minimum absolute atomic E-state index is 0.0518. The van der Waals surface area contributed by atoms with Gasteiger partial charge >= 0.3 is 0 Å². The van der Waals surface area contributed by atoms with Crippen LogP contribution in [-0.2, 0) is 7.05 Å². The summed E-state index contributed by atoms with van der Waals surface area (Å²) in [4.78, 5) is 11.1. The Balaban J connectivity index is 2.69. The van der Waals surface area contributed by atoms with Crippen LogP contribution in [0.2, 0.25) is 0 Å². The van der Waals surface area contributed by atoms with Gasteiger partial charge in [-0.3, -0.25) is 4.79 Å². The first-order chi connectivity index (χ1) is 6.09. The summed E-state index contributed by atoms with van der Waals surface area (Å²) >= 11 is 0. The molecule has 0 aromatic carbocycles. The second-order valence-corrected chi connectivity index (χ2v) is 2.94. The van der Waals surface area contributed by atoms with Crippen molar-refractivity contribution in [3.63, 3.8) is 0 Å². The zero-order valence-corrected chi connectivity index (χ0v) is 7.73. The second kappa shape index (κ2) is 4.04. The molecule has 0 fully saturated rings. The van der Waals surface area contributed by atoms with E-state index in [0.29, 0.717) is 12.4 Å². The van der Waals surface area contributed by atoms with E-state index >= 15 is 0 Å². The summed E-state index contributed by atoms with van der Waals surface area (Å²) in [7, 11) is 1.58. The Morgan fingerprint density at radius 2 is 2.46 bits per heavy atom. The molecule has 0 saturated carbocycles. The number of rotatable bonds is 3. The zero-order valence-electron chi connectivity index (χ0n) is 7.73. The highest BCUT2D eigenvalue weighted by atomic mass is 16.5. The Morgan fingerprint density at radius 1 is 1.77 bits per heavy atom. The maximum Gasteiger partial charge on any atom is 0.270 e. The van der Waals surface area contributed by atoms with Crippen molar-refractivity contribution in [1.82, 2.24) is 9.78 Å². The zero-order chi connectivity index (χ0) is 9.84. The predicted octanol–water partition coefficient (Wildman–Crippen LogP) is -0.494. The van der Waals surface area contributed by atoms with Crippen molar-refractivity contribution in [1.29, 1.82) is 0 Å². The molecule has 1 rings (SSSR count). The summed E-state index contributed by atoms with van der Waals surface area (Å²) in [5.41, 5.74) is 5.29. The largest absolute Gasteiger partial charge is 0.490 e. The number of hydrogen-bond acceptors (Lipinski definition) is 4. The fourth-order valence-electron chi connectivity index (χ4n) is 0.759. The van der Waals surface area contributed by atoms with Gasteiger partial charge in [0.15, 0.2) is 0 Å². The number of aryl methyl sites for hydroxylation is 1. The Labute approximate surface area is 76.1 Å². The minimum atomic E-state index is -0.192. The summed E-state index contributed by atoms with van der Waals surface area (Å²) in [5, 5.41) is 3.79. The molecule has 0 amide bonds. The van der Waals surface area contributed by atoms with Crippen molar-refractivity contribution in [2.45, 2.75) is 13.0 Å². The monoisotopic (exact) mass is 183 g/mol. The summed E-state index contributed by atoms with van der Waals surface area (Å²) < 4.78 is 6.44. The third-order valence-electron chi connectivity index (χ3n) is 1.46. The Kier molecular flexibility index (Phi) is 3.02. The number of nitrogens with zero attached hydrogens (tertiary/aromatic N) is 2. The SMILES string of the molecule is CC(N)COc1cnn(C)c(=O)c1. The molecular formula is C8H13N3O2. The molecule has 1 atom stereocenters. The summed E-state index contributed by atoms with van der Waals surface area (Å²) in [6.45, 7) is 2.21. The van der Waals surface area contributed by atoms with Gasteiger partial charge in [-0.2, -0.15) is 5.10 Å². The average molecular weight is 183 g/mol. The highest BCUT2D eigenvalue weighted by Crippen LogP contribution is 2.02. The van der Waals surface area contributed by atoms with Crippen molar-refractivity contribution < 1.29 is 4.74 Å². The molecule has 0 radical (unpaired) electrons. The van der Waals surface area contributed by atoms with Gasteiger partial charge in [0.1, 0.15) is 12.4 Å². The fraction of sp³-hybridized carbons (Fsp3) is 0.500. The van der Waals surface area contributed by atoms with E-state index < -0.39 is 0 Å². The van der Waals surface area contributed by atoms with Gasteiger partial charge in [-0.1, -0.05) is 0 Å². The lowest BCUT2D eigenvalue weighted by atomic mass is 10.4. The number of aromatic nitrogens is 2. The van der Waals surface area contributed by atoms with Gasteiger partial charge in [-0.15, -0.1) is 0 Å². The molecular weight excluding hydrogens is 170 g/mol. The molecule has 2 N–H and O–H groups in total. The number of nitrogens with two attached hydrogens (primary N) is 1. The molecule has 5 nitrogen and oxygen atoms in total. The molecule has 0 aliphatic heterocycles. The molecule has 0 aliphatic rings. The molecule has 0 saturated heterocycles. The van der Waals surface area contributed by atoms with Gasteiger partial charge in [-0.25, -0.2) is 4.68 Å². The van der Waals surface area contributed by atoms with Crippen LogP contribution >= 0.6 is 0 Å². The highest BCUT2D eigenvalue weighted by Gasteiger charge is 1.99. The minimum Gasteiger partial charge on any atom is -0.490 e. The first-order valence-electron chi connectivity index (χ1n) is 4.01. The van der Waals surface area contributed by atoms with Gasteiger partial charge in [0.05, 0.1) is 6.20 Å². The third-order valence-corrected chi connectivity index (χ3v) is 1.46. The van der Waals surface area contributed by atoms with Crippen molar-refractivity contribution in [3.8, 4) is 5.75 Å². The molecule has 72 valence electrons. The lowest BCUT2D eigenvalue weighted by Gasteiger charge is -2.07. The normalized spacial score (nSPS) is 12.5.